The molecule has 0 unspecified atom stereocenters. The zero-order valence-corrected chi connectivity index (χ0v) is 12.4. The molecule has 2 rings (SSSR count). The fourth-order valence-electron chi connectivity index (χ4n) is 1.86. The Kier molecular flexibility index (Phi) is 4.80. The molecule has 0 saturated carbocycles. The molecule has 4 heteroatoms. The lowest BCUT2D eigenvalue weighted by Crippen LogP contribution is -2.24. The number of amides is 1. The third-order valence-corrected chi connectivity index (χ3v) is 3.61. The monoisotopic (exact) mass is 321 g/mol. The van der Waals surface area contributed by atoms with Crippen molar-refractivity contribution in [1.29, 1.82) is 0 Å². The van der Waals surface area contributed by atoms with Crippen LogP contribution in [0.25, 0.3) is 10.8 Å². The van der Waals surface area contributed by atoms with Gasteiger partial charge >= 0.3 is 0 Å². The van der Waals surface area contributed by atoms with Gasteiger partial charge in [0.1, 0.15) is 5.75 Å². The normalized spacial score (nSPS) is 10.4. The van der Waals surface area contributed by atoms with Crippen molar-refractivity contribution < 1.29 is 9.53 Å². The first-order chi connectivity index (χ1) is 9.22. The van der Waals surface area contributed by atoms with Gasteiger partial charge in [0.2, 0.25) is 5.91 Å². The molecule has 100 valence electrons. The van der Waals surface area contributed by atoms with Crippen molar-refractivity contribution in [2.45, 2.75) is 13.3 Å². The first kappa shape index (κ1) is 13.9. The summed E-state index contributed by atoms with van der Waals surface area (Å²) in [7, 11) is 0. The Morgan fingerprint density at radius 1 is 1.26 bits per heavy atom. The van der Waals surface area contributed by atoms with Crippen LogP contribution in [-0.4, -0.2) is 19.1 Å². The Hall–Kier alpha value is -1.55. The lowest BCUT2D eigenvalue weighted by atomic mass is 10.1. The Bertz CT molecular complexity index is 583. The number of fused-ring (bicyclic) bond motifs is 1. The molecule has 1 N–H and O–H groups in total. The number of carbonyl (C=O) groups is 1. The van der Waals surface area contributed by atoms with Gasteiger partial charge in [0, 0.05) is 6.54 Å². The highest BCUT2D eigenvalue weighted by Gasteiger charge is 2.06. The first-order valence-electron chi connectivity index (χ1n) is 6.29. The van der Waals surface area contributed by atoms with E-state index < -0.39 is 0 Å². The third kappa shape index (κ3) is 3.47. The van der Waals surface area contributed by atoms with Gasteiger partial charge in [-0.15, -0.1) is 0 Å². The summed E-state index contributed by atoms with van der Waals surface area (Å²) in [6.07, 6.45) is 0.368. The van der Waals surface area contributed by atoms with Crippen molar-refractivity contribution >= 4 is 32.6 Å². The minimum atomic E-state index is 0.0133. The summed E-state index contributed by atoms with van der Waals surface area (Å²) >= 11 is 3.55. The molecule has 0 bridgehead atoms. The van der Waals surface area contributed by atoms with Crippen LogP contribution in [0.2, 0.25) is 0 Å². The summed E-state index contributed by atoms with van der Waals surface area (Å²) in [6.45, 7) is 2.93. The summed E-state index contributed by atoms with van der Waals surface area (Å²) < 4.78 is 6.59. The second-order valence-corrected chi connectivity index (χ2v) is 4.94. The van der Waals surface area contributed by atoms with Gasteiger partial charge in [-0.05, 0) is 39.7 Å². The fourth-order valence-corrected chi connectivity index (χ4v) is 2.47. The fraction of sp³-hybridized carbons (Fsp3) is 0.267. The minimum Gasteiger partial charge on any atom is -0.492 e. The maximum absolute atomic E-state index is 11.3. The number of carbonyl (C=O) groups excluding carboxylic acids is 1. The highest BCUT2D eigenvalue weighted by atomic mass is 79.9. The number of benzene rings is 2. The van der Waals surface area contributed by atoms with Crippen LogP contribution < -0.4 is 10.1 Å². The quantitative estimate of drug-likeness (QED) is 0.915. The molecule has 19 heavy (non-hydrogen) atoms. The zero-order chi connectivity index (χ0) is 13.7. The number of nitrogens with one attached hydrogen (secondary N) is 1. The van der Waals surface area contributed by atoms with E-state index in [1.807, 2.05) is 37.3 Å². The van der Waals surface area contributed by atoms with E-state index in [9.17, 15) is 4.79 Å². The Balaban J connectivity index is 2.05. The van der Waals surface area contributed by atoms with Crippen LogP contribution in [0.4, 0.5) is 0 Å². The molecule has 0 saturated heterocycles. The molecule has 0 heterocycles. The molecule has 0 aliphatic carbocycles. The molecular weight excluding hydrogens is 306 g/mol. The summed E-state index contributed by atoms with van der Waals surface area (Å²) in [6, 6.07) is 12.0. The number of halogens is 1. The van der Waals surface area contributed by atoms with Crippen molar-refractivity contribution in [2.75, 3.05) is 13.2 Å². The number of ether oxygens (including phenoxy) is 1. The van der Waals surface area contributed by atoms with E-state index in [-0.39, 0.29) is 5.91 Å². The van der Waals surface area contributed by atoms with Gasteiger partial charge in [-0.2, -0.15) is 0 Å². The van der Waals surface area contributed by atoms with E-state index >= 15 is 0 Å². The van der Waals surface area contributed by atoms with Gasteiger partial charge in [0.05, 0.1) is 17.5 Å². The minimum absolute atomic E-state index is 0.0133. The molecule has 2 aromatic rings. The van der Waals surface area contributed by atoms with Gasteiger partial charge in [-0.3, -0.25) is 4.79 Å². The van der Waals surface area contributed by atoms with Gasteiger partial charge in [-0.25, -0.2) is 0 Å². The predicted octanol–water partition coefficient (Wildman–Crippen LogP) is 3.51. The molecule has 0 spiro atoms. The van der Waals surface area contributed by atoms with Crippen LogP contribution >= 0.6 is 15.9 Å². The van der Waals surface area contributed by atoms with Crippen LogP contribution in [-0.2, 0) is 4.79 Å². The van der Waals surface area contributed by atoms with Gasteiger partial charge in [0.25, 0.3) is 0 Å². The van der Waals surface area contributed by atoms with Crippen LogP contribution in [0.3, 0.4) is 0 Å². The highest BCUT2D eigenvalue weighted by molar-refractivity contribution is 9.10. The lowest BCUT2D eigenvalue weighted by Gasteiger charge is -2.10. The maximum Gasteiger partial charge on any atom is 0.223 e. The van der Waals surface area contributed by atoms with E-state index in [1.54, 1.807) is 0 Å². The van der Waals surface area contributed by atoms with Crippen LogP contribution in [0.15, 0.2) is 40.9 Å². The van der Waals surface area contributed by atoms with Crippen molar-refractivity contribution in [2.24, 2.45) is 0 Å². The molecule has 0 atom stereocenters. The molecule has 3 nitrogen and oxygen atoms in total. The van der Waals surface area contributed by atoms with Gasteiger partial charge in [0.15, 0.2) is 0 Å². The van der Waals surface area contributed by atoms with Crippen molar-refractivity contribution in [3.8, 4) is 5.75 Å². The molecule has 0 radical (unpaired) electrons. The van der Waals surface area contributed by atoms with E-state index in [0.717, 1.165) is 21.0 Å². The van der Waals surface area contributed by atoms with E-state index in [1.165, 1.54) is 0 Å². The molecule has 0 aliphatic rings. The van der Waals surface area contributed by atoms with Crippen LogP contribution in [0, 0.1) is 0 Å². The third-order valence-electron chi connectivity index (χ3n) is 2.79. The van der Waals surface area contributed by atoms with Gasteiger partial charge < -0.3 is 10.1 Å². The molecule has 0 fully saturated rings. The summed E-state index contributed by atoms with van der Waals surface area (Å²) in [5, 5.41) is 5.01. The van der Waals surface area contributed by atoms with Crippen molar-refractivity contribution in [3.05, 3.63) is 40.9 Å². The maximum atomic E-state index is 11.3. The van der Waals surface area contributed by atoms with Crippen molar-refractivity contribution in [1.82, 2.24) is 5.32 Å². The SMILES string of the molecule is CCNC(=O)CCOc1ccc2ccccc2c1Br. The van der Waals surface area contributed by atoms with Crippen LogP contribution in [0.5, 0.6) is 5.75 Å². The first-order valence-corrected chi connectivity index (χ1v) is 7.08. The highest BCUT2D eigenvalue weighted by Crippen LogP contribution is 2.32. The Labute approximate surface area is 121 Å². The van der Waals surface area contributed by atoms with E-state index in [2.05, 4.69) is 27.3 Å². The Morgan fingerprint density at radius 2 is 2.05 bits per heavy atom. The molecule has 1 amide bonds. The number of rotatable bonds is 5. The van der Waals surface area contributed by atoms with E-state index in [4.69, 9.17) is 4.74 Å². The van der Waals surface area contributed by atoms with Crippen molar-refractivity contribution in [3.63, 3.8) is 0 Å². The second kappa shape index (κ2) is 6.57. The average molecular weight is 322 g/mol. The standard InChI is InChI=1S/C15H16BrNO2/c1-2-17-14(18)9-10-19-13-8-7-11-5-3-4-6-12(11)15(13)16/h3-8H,2,9-10H2,1H3,(H,17,18). The zero-order valence-electron chi connectivity index (χ0n) is 10.8. The molecular formula is C15H16BrNO2. The second-order valence-electron chi connectivity index (χ2n) is 4.15. The number of hydrogen-bond donors (Lipinski definition) is 1. The smallest absolute Gasteiger partial charge is 0.223 e. The lowest BCUT2D eigenvalue weighted by molar-refractivity contribution is -0.121. The van der Waals surface area contributed by atoms with Gasteiger partial charge in [-0.1, -0.05) is 30.3 Å². The summed E-state index contributed by atoms with van der Waals surface area (Å²) in [5.41, 5.74) is 0. The average Bonchev–Trinajstić information content (AvgIpc) is 2.42. The van der Waals surface area contributed by atoms with Crippen LogP contribution in [0.1, 0.15) is 13.3 Å². The number of hydrogen-bond acceptors (Lipinski definition) is 2. The molecule has 0 aliphatic heterocycles. The topological polar surface area (TPSA) is 38.3 Å². The molecule has 0 aromatic heterocycles. The largest absolute Gasteiger partial charge is 0.492 e. The molecule has 2 aromatic carbocycles. The summed E-state index contributed by atoms with van der Waals surface area (Å²) in [4.78, 5) is 11.3. The Morgan fingerprint density at radius 3 is 2.84 bits per heavy atom. The summed E-state index contributed by atoms with van der Waals surface area (Å²) in [5.74, 6) is 0.780. The van der Waals surface area contributed by atoms with E-state index in [0.29, 0.717) is 19.6 Å². The predicted molar refractivity (Wildman–Crippen MR) is 80.4 cm³/mol.